The maximum atomic E-state index is 12.7. The fraction of sp³-hybridized carbons (Fsp3) is 0.409. The van der Waals surface area contributed by atoms with E-state index >= 15 is 0 Å². The highest BCUT2D eigenvalue weighted by Gasteiger charge is 2.34. The van der Waals surface area contributed by atoms with Crippen molar-refractivity contribution in [1.82, 2.24) is 5.32 Å². The summed E-state index contributed by atoms with van der Waals surface area (Å²) in [4.78, 5) is 12.7. The Morgan fingerprint density at radius 2 is 2.00 bits per heavy atom. The Morgan fingerprint density at radius 1 is 1.23 bits per heavy atom. The molecule has 0 aromatic heterocycles. The molecule has 1 atom stereocenters. The zero-order valence-electron chi connectivity index (χ0n) is 16.2. The number of amides is 1. The summed E-state index contributed by atoms with van der Waals surface area (Å²) in [6.45, 7) is 8.17. The second-order valence-corrected chi connectivity index (χ2v) is 7.70. The van der Waals surface area contributed by atoms with Gasteiger partial charge in [0.25, 0.3) is 0 Å². The summed E-state index contributed by atoms with van der Waals surface area (Å²) in [6, 6.07) is 11.9. The lowest BCUT2D eigenvalue weighted by Crippen LogP contribution is -2.41. The highest BCUT2D eigenvalue weighted by atomic mass is 16.5. The molecule has 2 aromatic carbocycles. The highest BCUT2D eigenvalue weighted by Crippen LogP contribution is 2.41. The molecule has 0 saturated heterocycles. The topological polar surface area (TPSA) is 47.6 Å². The average Bonchev–Trinajstić information content (AvgIpc) is 2.56. The molecule has 0 radical (unpaired) electrons. The molecule has 0 fully saturated rings. The number of hydrogen-bond acceptors (Lipinski definition) is 3. The van der Waals surface area contributed by atoms with Crippen LogP contribution in [0.15, 0.2) is 36.4 Å². The van der Waals surface area contributed by atoms with Gasteiger partial charge in [0.1, 0.15) is 17.1 Å². The van der Waals surface area contributed by atoms with Crippen molar-refractivity contribution in [1.29, 1.82) is 0 Å². The predicted octanol–water partition coefficient (Wildman–Crippen LogP) is 4.27. The van der Waals surface area contributed by atoms with Gasteiger partial charge in [-0.3, -0.25) is 4.79 Å². The first-order valence-electron chi connectivity index (χ1n) is 9.00. The van der Waals surface area contributed by atoms with Gasteiger partial charge in [0.15, 0.2) is 0 Å². The van der Waals surface area contributed by atoms with Crippen LogP contribution in [0.4, 0.5) is 0 Å². The predicted molar refractivity (Wildman–Crippen MR) is 103 cm³/mol. The molecular weight excluding hydrogens is 326 g/mol. The van der Waals surface area contributed by atoms with Crippen LogP contribution in [0, 0.1) is 13.8 Å². The molecule has 0 spiro atoms. The largest absolute Gasteiger partial charge is 0.497 e. The second kappa shape index (κ2) is 7.02. The Kier molecular flexibility index (Phi) is 4.94. The van der Waals surface area contributed by atoms with Crippen LogP contribution < -0.4 is 14.8 Å². The van der Waals surface area contributed by atoms with E-state index in [9.17, 15) is 4.79 Å². The van der Waals surface area contributed by atoms with Gasteiger partial charge in [0.2, 0.25) is 5.91 Å². The number of nitrogens with one attached hydrogen (secondary N) is 1. The summed E-state index contributed by atoms with van der Waals surface area (Å²) in [7, 11) is 1.64. The van der Waals surface area contributed by atoms with Gasteiger partial charge < -0.3 is 14.8 Å². The Bertz CT molecular complexity index is 826. The van der Waals surface area contributed by atoms with Gasteiger partial charge in [0, 0.05) is 18.1 Å². The highest BCUT2D eigenvalue weighted by molar-refractivity contribution is 5.79. The number of methoxy groups -OCH3 is 1. The van der Waals surface area contributed by atoms with Crippen molar-refractivity contribution in [2.45, 2.75) is 52.2 Å². The maximum absolute atomic E-state index is 12.7. The summed E-state index contributed by atoms with van der Waals surface area (Å²) < 4.78 is 11.4. The molecule has 0 saturated carbocycles. The molecule has 0 unspecified atom stereocenters. The van der Waals surface area contributed by atoms with Crippen molar-refractivity contribution in [3.05, 3.63) is 58.7 Å². The van der Waals surface area contributed by atoms with Crippen LogP contribution in [-0.4, -0.2) is 18.6 Å². The van der Waals surface area contributed by atoms with E-state index in [1.54, 1.807) is 7.11 Å². The molecule has 1 aliphatic heterocycles. The van der Waals surface area contributed by atoms with E-state index in [1.807, 2.05) is 45.9 Å². The van der Waals surface area contributed by atoms with Crippen LogP contribution in [0.1, 0.15) is 48.6 Å². The fourth-order valence-electron chi connectivity index (χ4n) is 3.50. The minimum Gasteiger partial charge on any atom is -0.497 e. The number of benzene rings is 2. The first-order valence-corrected chi connectivity index (χ1v) is 9.00. The van der Waals surface area contributed by atoms with Crippen LogP contribution in [0.25, 0.3) is 0 Å². The van der Waals surface area contributed by atoms with Crippen LogP contribution in [-0.2, 0) is 11.2 Å². The molecule has 2 aromatic rings. The third-order valence-electron chi connectivity index (χ3n) is 4.87. The first-order chi connectivity index (χ1) is 12.3. The number of aryl methyl sites for hydroxylation is 2. The molecule has 26 heavy (non-hydrogen) atoms. The lowest BCUT2D eigenvalue weighted by Gasteiger charge is -2.38. The molecule has 1 heterocycles. The normalized spacial score (nSPS) is 17.8. The summed E-state index contributed by atoms with van der Waals surface area (Å²) in [5, 5.41) is 3.20. The van der Waals surface area contributed by atoms with Crippen LogP contribution in [0.5, 0.6) is 11.5 Å². The Balaban J connectivity index is 1.81. The second-order valence-electron chi connectivity index (χ2n) is 7.70. The third-order valence-corrected chi connectivity index (χ3v) is 4.87. The van der Waals surface area contributed by atoms with Crippen LogP contribution in [0.2, 0.25) is 0 Å². The zero-order valence-corrected chi connectivity index (χ0v) is 16.2. The summed E-state index contributed by atoms with van der Waals surface area (Å²) in [5.74, 6) is 1.56. The zero-order chi connectivity index (χ0) is 18.9. The Labute approximate surface area is 155 Å². The van der Waals surface area contributed by atoms with E-state index in [2.05, 4.69) is 23.5 Å². The minimum absolute atomic E-state index is 0.0307. The lowest BCUT2D eigenvalue weighted by atomic mass is 9.89. The van der Waals surface area contributed by atoms with E-state index in [-0.39, 0.29) is 17.6 Å². The number of rotatable bonds is 4. The molecule has 1 amide bonds. The van der Waals surface area contributed by atoms with E-state index in [1.165, 1.54) is 5.56 Å². The first kappa shape index (κ1) is 18.3. The molecule has 138 valence electrons. The molecule has 4 heteroatoms. The van der Waals surface area contributed by atoms with Gasteiger partial charge in [0.05, 0.1) is 19.6 Å². The van der Waals surface area contributed by atoms with Gasteiger partial charge in [-0.2, -0.15) is 0 Å². The maximum Gasteiger partial charge on any atom is 0.224 e. The van der Waals surface area contributed by atoms with Gasteiger partial charge in [-0.05, 0) is 51.0 Å². The SMILES string of the molecule is COc1ccc2c(c1)OC(C)(C)C[C@H]2NC(=O)Cc1cc(C)ccc1C. The monoisotopic (exact) mass is 353 g/mol. The number of ether oxygens (including phenoxy) is 2. The lowest BCUT2D eigenvalue weighted by molar-refractivity contribution is -0.121. The molecular formula is C22H27NO3. The summed E-state index contributed by atoms with van der Waals surface area (Å²) >= 11 is 0. The smallest absolute Gasteiger partial charge is 0.224 e. The Hall–Kier alpha value is -2.49. The van der Waals surface area contributed by atoms with Gasteiger partial charge in [-0.15, -0.1) is 0 Å². The standard InChI is InChI=1S/C22H27NO3/c1-14-6-7-15(2)16(10-14)11-21(24)23-19-13-22(3,4)26-20-12-17(25-5)8-9-18(19)20/h6-10,12,19H,11,13H2,1-5H3,(H,23,24)/t19-/m1/s1. The summed E-state index contributed by atoms with van der Waals surface area (Å²) in [5.41, 5.74) is 4.03. The number of carbonyl (C=O) groups excluding carboxylic acids is 1. The van der Waals surface area contributed by atoms with E-state index < -0.39 is 0 Å². The number of carbonyl (C=O) groups is 1. The van der Waals surface area contributed by atoms with Crippen molar-refractivity contribution >= 4 is 5.91 Å². The minimum atomic E-state index is -0.351. The van der Waals surface area contributed by atoms with E-state index in [4.69, 9.17) is 9.47 Å². The molecule has 4 nitrogen and oxygen atoms in total. The molecule has 0 aliphatic carbocycles. The van der Waals surface area contributed by atoms with Crippen molar-refractivity contribution in [3.63, 3.8) is 0 Å². The molecule has 0 bridgehead atoms. The number of fused-ring (bicyclic) bond motifs is 1. The van der Waals surface area contributed by atoms with Gasteiger partial charge in [-0.25, -0.2) is 0 Å². The van der Waals surface area contributed by atoms with Crippen LogP contribution >= 0.6 is 0 Å². The molecule has 1 aliphatic rings. The molecule has 3 rings (SSSR count). The van der Waals surface area contributed by atoms with Gasteiger partial charge in [-0.1, -0.05) is 23.8 Å². The Morgan fingerprint density at radius 3 is 2.73 bits per heavy atom. The average molecular weight is 353 g/mol. The van der Waals surface area contributed by atoms with E-state index in [0.29, 0.717) is 6.42 Å². The third kappa shape index (κ3) is 4.01. The van der Waals surface area contributed by atoms with Crippen molar-refractivity contribution in [3.8, 4) is 11.5 Å². The van der Waals surface area contributed by atoms with Crippen LogP contribution in [0.3, 0.4) is 0 Å². The number of hydrogen-bond donors (Lipinski definition) is 1. The fourth-order valence-corrected chi connectivity index (χ4v) is 3.50. The van der Waals surface area contributed by atoms with E-state index in [0.717, 1.165) is 34.6 Å². The van der Waals surface area contributed by atoms with Crippen molar-refractivity contribution in [2.24, 2.45) is 0 Å². The van der Waals surface area contributed by atoms with Gasteiger partial charge >= 0.3 is 0 Å². The summed E-state index contributed by atoms with van der Waals surface area (Å²) in [6.07, 6.45) is 1.11. The quantitative estimate of drug-likeness (QED) is 0.893. The van der Waals surface area contributed by atoms with Crippen molar-refractivity contribution in [2.75, 3.05) is 7.11 Å². The van der Waals surface area contributed by atoms with Crippen molar-refractivity contribution < 1.29 is 14.3 Å². The molecule has 1 N–H and O–H groups in total.